The molecule has 3 aromatic rings. The second-order valence-electron chi connectivity index (χ2n) is 3.53. The summed E-state index contributed by atoms with van der Waals surface area (Å²) >= 11 is 1.49. The van der Waals surface area contributed by atoms with Crippen LogP contribution in [0.2, 0.25) is 0 Å². The van der Waals surface area contributed by atoms with E-state index in [9.17, 15) is 0 Å². The minimum atomic E-state index is 0.455. The predicted octanol–water partition coefficient (Wildman–Crippen LogP) is 2.87. The number of rotatable bonds is 3. The van der Waals surface area contributed by atoms with E-state index in [1.165, 1.54) is 11.3 Å². The van der Waals surface area contributed by atoms with Gasteiger partial charge in [0, 0.05) is 10.9 Å². The Morgan fingerprint density at radius 1 is 1.33 bits per heavy atom. The van der Waals surface area contributed by atoms with Gasteiger partial charge in [-0.25, -0.2) is 4.98 Å². The standard InChI is InChI=1S/C12H9N3O2S/c1-16-9-4-2-3-8(5-9)12-14-11(15-17-12)10-6-18-7-13-10/h2-7H,1H3. The number of thiazole rings is 1. The second-order valence-corrected chi connectivity index (χ2v) is 4.25. The number of nitrogens with zero attached hydrogens (tertiary/aromatic N) is 3. The summed E-state index contributed by atoms with van der Waals surface area (Å²) in [6.45, 7) is 0. The monoisotopic (exact) mass is 259 g/mol. The molecule has 5 nitrogen and oxygen atoms in total. The van der Waals surface area contributed by atoms with Crippen molar-refractivity contribution in [3.63, 3.8) is 0 Å². The lowest BCUT2D eigenvalue weighted by Crippen LogP contribution is -1.84. The van der Waals surface area contributed by atoms with Gasteiger partial charge in [0.15, 0.2) is 0 Å². The molecule has 0 amide bonds. The van der Waals surface area contributed by atoms with Crippen molar-refractivity contribution in [2.24, 2.45) is 0 Å². The lowest BCUT2D eigenvalue weighted by molar-refractivity contribution is 0.413. The second kappa shape index (κ2) is 4.58. The van der Waals surface area contributed by atoms with Gasteiger partial charge in [-0.3, -0.25) is 0 Å². The summed E-state index contributed by atoms with van der Waals surface area (Å²) < 4.78 is 10.4. The Morgan fingerprint density at radius 3 is 3.06 bits per heavy atom. The number of hydrogen-bond acceptors (Lipinski definition) is 6. The van der Waals surface area contributed by atoms with Crippen molar-refractivity contribution < 1.29 is 9.26 Å². The van der Waals surface area contributed by atoms with Crippen molar-refractivity contribution in [3.8, 4) is 28.7 Å². The van der Waals surface area contributed by atoms with Crippen molar-refractivity contribution in [1.82, 2.24) is 15.1 Å². The van der Waals surface area contributed by atoms with Crippen LogP contribution >= 0.6 is 11.3 Å². The maximum atomic E-state index is 5.22. The number of hydrogen-bond donors (Lipinski definition) is 0. The fourth-order valence-corrected chi connectivity index (χ4v) is 2.05. The molecule has 1 aromatic carbocycles. The highest BCUT2D eigenvalue weighted by Crippen LogP contribution is 2.24. The summed E-state index contributed by atoms with van der Waals surface area (Å²) in [5.74, 6) is 1.70. The first-order chi connectivity index (χ1) is 8.86. The maximum absolute atomic E-state index is 5.22. The Labute approximate surface area is 107 Å². The molecule has 0 N–H and O–H groups in total. The van der Waals surface area contributed by atoms with E-state index in [1.807, 2.05) is 29.6 Å². The Hall–Kier alpha value is -2.21. The van der Waals surface area contributed by atoms with Crippen LogP contribution in [0.5, 0.6) is 5.75 Å². The topological polar surface area (TPSA) is 61.0 Å². The van der Waals surface area contributed by atoms with Gasteiger partial charge in [0.05, 0.1) is 12.6 Å². The van der Waals surface area contributed by atoms with Gasteiger partial charge in [-0.15, -0.1) is 11.3 Å². The van der Waals surface area contributed by atoms with Gasteiger partial charge >= 0.3 is 0 Å². The van der Waals surface area contributed by atoms with Crippen LogP contribution in [-0.4, -0.2) is 22.2 Å². The average molecular weight is 259 g/mol. The molecule has 0 atom stereocenters. The van der Waals surface area contributed by atoms with E-state index in [-0.39, 0.29) is 0 Å². The highest BCUT2D eigenvalue weighted by molar-refractivity contribution is 7.07. The quantitative estimate of drug-likeness (QED) is 0.723. The molecule has 6 heteroatoms. The summed E-state index contributed by atoms with van der Waals surface area (Å²) in [6, 6.07) is 7.47. The van der Waals surface area contributed by atoms with E-state index in [0.29, 0.717) is 11.7 Å². The summed E-state index contributed by atoms with van der Waals surface area (Å²) in [4.78, 5) is 8.45. The molecule has 18 heavy (non-hydrogen) atoms. The smallest absolute Gasteiger partial charge is 0.258 e. The first-order valence-corrected chi connectivity index (χ1v) is 6.18. The molecule has 0 spiro atoms. The van der Waals surface area contributed by atoms with Crippen LogP contribution in [0.15, 0.2) is 39.7 Å². The third-order valence-electron chi connectivity index (χ3n) is 2.40. The Kier molecular flexibility index (Phi) is 2.77. The summed E-state index contributed by atoms with van der Waals surface area (Å²) in [7, 11) is 1.62. The molecular weight excluding hydrogens is 250 g/mol. The fraction of sp³-hybridized carbons (Fsp3) is 0.0833. The van der Waals surface area contributed by atoms with Crippen molar-refractivity contribution >= 4 is 11.3 Å². The van der Waals surface area contributed by atoms with Crippen molar-refractivity contribution in [3.05, 3.63) is 35.2 Å². The van der Waals surface area contributed by atoms with Crippen LogP contribution in [0.4, 0.5) is 0 Å². The lowest BCUT2D eigenvalue weighted by Gasteiger charge is -1.99. The molecule has 0 aliphatic rings. The van der Waals surface area contributed by atoms with Gasteiger partial charge in [-0.05, 0) is 18.2 Å². The van der Waals surface area contributed by atoms with Gasteiger partial charge in [-0.1, -0.05) is 11.2 Å². The highest BCUT2D eigenvalue weighted by atomic mass is 32.1. The van der Waals surface area contributed by atoms with E-state index in [0.717, 1.165) is 17.0 Å². The molecule has 90 valence electrons. The fourth-order valence-electron chi connectivity index (χ4n) is 1.52. The number of methoxy groups -OCH3 is 1. The first kappa shape index (κ1) is 10.9. The Morgan fingerprint density at radius 2 is 2.28 bits per heavy atom. The highest BCUT2D eigenvalue weighted by Gasteiger charge is 2.12. The van der Waals surface area contributed by atoms with Gasteiger partial charge in [0.2, 0.25) is 5.82 Å². The summed E-state index contributed by atoms with van der Waals surface area (Å²) in [5.41, 5.74) is 3.28. The Bertz CT molecular complexity index is 649. The zero-order valence-electron chi connectivity index (χ0n) is 9.53. The van der Waals surface area contributed by atoms with Crippen LogP contribution in [0.25, 0.3) is 23.0 Å². The average Bonchev–Trinajstić information content (AvgIpc) is 3.09. The maximum Gasteiger partial charge on any atom is 0.258 e. The summed E-state index contributed by atoms with van der Waals surface area (Å²) in [6.07, 6.45) is 0. The van der Waals surface area contributed by atoms with Crippen molar-refractivity contribution in [1.29, 1.82) is 0 Å². The molecule has 2 aromatic heterocycles. The van der Waals surface area contributed by atoms with Gasteiger partial charge in [-0.2, -0.15) is 4.98 Å². The van der Waals surface area contributed by atoms with Crippen LogP contribution in [-0.2, 0) is 0 Å². The molecule has 0 saturated carbocycles. The molecule has 0 unspecified atom stereocenters. The molecule has 0 bridgehead atoms. The first-order valence-electron chi connectivity index (χ1n) is 5.23. The lowest BCUT2D eigenvalue weighted by atomic mass is 10.2. The molecule has 2 heterocycles. The van der Waals surface area contributed by atoms with Crippen LogP contribution in [0.3, 0.4) is 0 Å². The van der Waals surface area contributed by atoms with Crippen LogP contribution in [0, 0.1) is 0 Å². The summed E-state index contributed by atoms with van der Waals surface area (Å²) in [5, 5.41) is 5.78. The molecule has 0 saturated heterocycles. The Balaban J connectivity index is 1.97. The molecule has 0 aliphatic heterocycles. The molecular formula is C12H9N3O2S. The number of aromatic nitrogens is 3. The number of ether oxygens (including phenoxy) is 1. The number of benzene rings is 1. The molecule has 0 aliphatic carbocycles. The minimum absolute atomic E-state index is 0.455. The third-order valence-corrected chi connectivity index (χ3v) is 2.99. The molecule has 3 rings (SSSR count). The van der Waals surface area contributed by atoms with Gasteiger partial charge < -0.3 is 9.26 Å². The predicted molar refractivity (Wildman–Crippen MR) is 67.4 cm³/mol. The van der Waals surface area contributed by atoms with Crippen LogP contribution in [0.1, 0.15) is 0 Å². The normalized spacial score (nSPS) is 10.5. The van der Waals surface area contributed by atoms with Crippen LogP contribution < -0.4 is 4.74 Å². The molecule has 0 radical (unpaired) electrons. The van der Waals surface area contributed by atoms with Gasteiger partial charge in [0.25, 0.3) is 5.89 Å². The van der Waals surface area contributed by atoms with Crippen molar-refractivity contribution in [2.45, 2.75) is 0 Å². The van der Waals surface area contributed by atoms with E-state index < -0.39 is 0 Å². The minimum Gasteiger partial charge on any atom is -0.497 e. The molecule has 0 fully saturated rings. The largest absolute Gasteiger partial charge is 0.497 e. The van der Waals surface area contributed by atoms with E-state index >= 15 is 0 Å². The zero-order chi connectivity index (χ0) is 12.4. The van der Waals surface area contributed by atoms with E-state index in [2.05, 4.69) is 15.1 Å². The zero-order valence-corrected chi connectivity index (χ0v) is 10.3. The SMILES string of the molecule is COc1cccc(-c2nc(-c3cscn3)no2)c1. The van der Waals surface area contributed by atoms with E-state index in [4.69, 9.17) is 9.26 Å². The van der Waals surface area contributed by atoms with Gasteiger partial charge in [0.1, 0.15) is 11.4 Å². The third kappa shape index (κ3) is 1.98. The van der Waals surface area contributed by atoms with E-state index in [1.54, 1.807) is 12.6 Å². The van der Waals surface area contributed by atoms with Crippen molar-refractivity contribution in [2.75, 3.05) is 7.11 Å².